The average Bonchev–Trinajstić information content (AvgIpc) is 3.60. The Bertz CT molecular complexity index is 1990. The zero-order chi connectivity index (χ0) is 52.2. The first kappa shape index (κ1) is 63.3. The van der Waals surface area contributed by atoms with E-state index in [-0.39, 0.29) is 18.7 Å². The first-order valence-corrected chi connectivity index (χ1v) is 28.0. The Hall–Kier alpha value is -3.84. The van der Waals surface area contributed by atoms with Crippen molar-refractivity contribution in [2.45, 2.75) is 185 Å². The SMILES string of the molecule is CC/C=C\C(O)C/C=C/C=C\C/C=C\C/C=C\CCCC(=O)O[C@H](COC(=O)CCCCCCCCC/C=C\CCCCCC)COP(=O)(O)OP(=O)(O)OC[C@H]1O[C@@H](n2ccc(N)nc2=O)[C@H](O)[C@@H]1O. The lowest BCUT2D eigenvalue weighted by Crippen LogP contribution is -2.36. The molecule has 1 aromatic rings. The number of hydrogen-bond donors (Lipinski definition) is 6. The minimum Gasteiger partial charge on any atom is -0.462 e. The molecule has 0 bridgehead atoms. The number of phosphoric acid groups is 2. The molecule has 0 radical (unpaired) electrons. The molecule has 0 amide bonds. The number of allylic oxidation sites excluding steroid dienone is 10. The molecule has 2 rings (SSSR count). The zero-order valence-corrected chi connectivity index (χ0v) is 43.4. The van der Waals surface area contributed by atoms with Crippen LogP contribution in [0.25, 0.3) is 0 Å². The molecule has 0 saturated carbocycles. The second-order valence-electron chi connectivity index (χ2n) is 17.1. The van der Waals surface area contributed by atoms with Crippen molar-refractivity contribution in [2.24, 2.45) is 0 Å². The molecule has 21 heteroatoms. The highest BCUT2D eigenvalue weighted by molar-refractivity contribution is 7.61. The topological polar surface area (TPSA) is 286 Å². The molecule has 8 atom stereocenters. The summed E-state index contributed by atoms with van der Waals surface area (Å²) in [5, 5.41) is 30.7. The van der Waals surface area contributed by atoms with Crippen molar-refractivity contribution in [3.8, 4) is 0 Å². The van der Waals surface area contributed by atoms with Gasteiger partial charge in [0, 0.05) is 19.0 Å². The summed E-state index contributed by atoms with van der Waals surface area (Å²) in [4.78, 5) is 61.9. The third-order valence-corrected chi connectivity index (χ3v) is 13.5. The summed E-state index contributed by atoms with van der Waals surface area (Å²) in [5.74, 6) is -1.40. The summed E-state index contributed by atoms with van der Waals surface area (Å²) in [5.41, 5.74) is 4.57. The van der Waals surface area contributed by atoms with Crippen LogP contribution < -0.4 is 11.4 Å². The van der Waals surface area contributed by atoms with Crippen LogP contribution in [0.2, 0.25) is 0 Å². The van der Waals surface area contributed by atoms with Gasteiger partial charge in [0.25, 0.3) is 0 Å². The smallest absolute Gasteiger partial charge is 0.462 e. The van der Waals surface area contributed by atoms with E-state index in [0.717, 1.165) is 75.0 Å². The number of rotatable bonds is 40. The van der Waals surface area contributed by atoms with E-state index in [9.17, 15) is 48.6 Å². The van der Waals surface area contributed by atoms with E-state index in [1.165, 1.54) is 31.7 Å². The predicted molar refractivity (Wildman–Crippen MR) is 271 cm³/mol. The van der Waals surface area contributed by atoms with Crippen molar-refractivity contribution in [1.82, 2.24) is 9.55 Å². The van der Waals surface area contributed by atoms with Gasteiger partial charge in [0.05, 0.1) is 19.3 Å². The molecule has 402 valence electrons. The van der Waals surface area contributed by atoms with Crippen LogP contribution in [0.5, 0.6) is 0 Å². The van der Waals surface area contributed by atoms with E-state index in [2.05, 4.69) is 28.4 Å². The number of carbonyl (C=O) groups is 2. The molecule has 71 heavy (non-hydrogen) atoms. The van der Waals surface area contributed by atoms with Gasteiger partial charge in [-0.1, -0.05) is 138 Å². The normalized spacial score (nSPS) is 20.2. The summed E-state index contributed by atoms with van der Waals surface area (Å²) in [6.45, 7) is 1.83. The number of unbranched alkanes of at least 4 members (excludes halogenated alkanes) is 12. The quantitative estimate of drug-likeness (QED) is 0.0117. The molecular weight excluding hydrogens is 961 g/mol. The molecule has 7 N–H and O–H groups in total. The number of esters is 2. The number of aromatic nitrogens is 2. The highest BCUT2D eigenvalue weighted by Crippen LogP contribution is 2.60. The number of nitrogen functional groups attached to an aromatic ring is 1. The summed E-state index contributed by atoms with van der Waals surface area (Å²) in [6, 6.07) is 1.24. The standard InChI is InChI=1S/C50H81N3O16P2/c1-3-5-7-8-9-10-11-12-13-14-18-21-24-27-30-34-45(55)64-38-42(67-46(56)35-31-28-25-22-19-16-15-17-20-23-26-29-33-41(54)32-6-4-2)39-65-70(60,61)69-71(62,63)66-40-43-47(57)48(58)49(68-43)53-37-36-44(51)52-50(53)59/h6,10-11,15-16,20,22-23,25-26,29,32,36-37,41-43,47-49,54,57-58H,3-5,7-9,12-14,17-19,21,24,27-28,30-31,33-35,38-40H2,1-2H3,(H,60,61)(H,62,63)(H2,51,52,59)/b11-10-,16-15-,23-20-,25-22-,29-26+,32-6-/t41?,42-,43-,47-,48-,49-/m1/s1. The fourth-order valence-electron chi connectivity index (χ4n) is 6.95. The third-order valence-electron chi connectivity index (χ3n) is 10.8. The van der Waals surface area contributed by atoms with Gasteiger partial charge in [-0.2, -0.15) is 9.29 Å². The van der Waals surface area contributed by atoms with Crippen LogP contribution in [0.4, 0.5) is 5.82 Å². The number of nitrogens with two attached hydrogens (primary N) is 1. The fraction of sp³-hybridized carbons (Fsp3) is 0.640. The summed E-state index contributed by atoms with van der Waals surface area (Å²) in [6.07, 6.45) is 34.7. The van der Waals surface area contributed by atoms with Crippen LogP contribution in [0.1, 0.15) is 155 Å². The van der Waals surface area contributed by atoms with Crippen molar-refractivity contribution < 1.29 is 71.4 Å². The number of aliphatic hydroxyl groups is 3. The van der Waals surface area contributed by atoms with Crippen LogP contribution in [0, 0.1) is 0 Å². The van der Waals surface area contributed by atoms with Gasteiger partial charge in [-0.15, -0.1) is 0 Å². The van der Waals surface area contributed by atoms with E-state index in [1.807, 2.05) is 61.6 Å². The van der Waals surface area contributed by atoms with Gasteiger partial charge in [0.1, 0.15) is 30.7 Å². The highest BCUT2D eigenvalue weighted by atomic mass is 31.3. The number of aliphatic hydroxyl groups excluding tert-OH is 3. The Morgan fingerprint density at radius 2 is 1.35 bits per heavy atom. The van der Waals surface area contributed by atoms with E-state index in [4.69, 9.17) is 29.0 Å². The molecule has 1 aliphatic heterocycles. The molecule has 0 spiro atoms. The monoisotopic (exact) mass is 1040 g/mol. The third kappa shape index (κ3) is 30.7. The Morgan fingerprint density at radius 1 is 0.761 bits per heavy atom. The van der Waals surface area contributed by atoms with Gasteiger partial charge in [0.15, 0.2) is 12.3 Å². The molecule has 1 saturated heterocycles. The molecule has 0 aromatic carbocycles. The number of ether oxygens (including phenoxy) is 3. The van der Waals surface area contributed by atoms with Gasteiger partial charge in [0.2, 0.25) is 0 Å². The minimum absolute atomic E-state index is 0.0498. The number of phosphoric ester groups is 2. The van der Waals surface area contributed by atoms with Crippen molar-refractivity contribution in [2.75, 3.05) is 25.6 Å². The maximum Gasteiger partial charge on any atom is 0.481 e. The molecule has 1 fully saturated rings. The summed E-state index contributed by atoms with van der Waals surface area (Å²) in [7, 11) is -10.9. The minimum atomic E-state index is -5.45. The number of anilines is 1. The summed E-state index contributed by atoms with van der Waals surface area (Å²) >= 11 is 0. The fourth-order valence-corrected chi connectivity index (χ4v) is 9.06. The van der Waals surface area contributed by atoms with Crippen LogP contribution in [-0.4, -0.2) is 96.9 Å². The molecule has 19 nitrogen and oxygen atoms in total. The molecule has 1 aliphatic rings. The Balaban J connectivity index is 1.84. The molecule has 2 heterocycles. The van der Waals surface area contributed by atoms with Crippen molar-refractivity contribution in [3.05, 3.63) is 95.7 Å². The zero-order valence-electron chi connectivity index (χ0n) is 41.6. The maximum atomic E-state index is 12.8. The van der Waals surface area contributed by atoms with Crippen LogP contribution in [-0.2, 0) is 46.3 Å². The number of carbonyl (C=O) groups excluding carboxylic acids is 2. The Labute approximate surface area is 419 Å². The highest BCUT2D eigenvalue weighted by Gasteiger charge is 2.46. The largest absolute Gasteiger partial charge is 0.481 e. The Morgan fingerprint density at radius 3 is 2.04 bits per heavy atom. The van der Waals surface area contributed by atoms with Gasteiger partial charge >= 0.3 is 33.3 Å². The van der Waals surface area contributed by atoms with Crippen LogP contribution in [0.15, 0.2) is 90.0 Å². The van der Waals surface area contributed by atoms with Crippen molar-refractivity contribution in [3.63, 3.8) is 0 Å². The lowest BCUT2D eigenvalue weighted by molar-refractivity contribution is -0.161. The van der Waals surface area contributed by atoms with Gasteiger partial charge in [-0.05, 0) is 76.7 Å². The molecule has 1 aromatic heterocycles. The average molecular weight is 1040 g/mol. The lowest BCUT2D eigenvalue weighted by atomic mass is 10.1. The van der Waals surface area contributed by atoms with E-state index in [0.29, 0.717) is 32.1 Å². The Kier molecular flexibility index (Phi) is 33.7. The molecular formula is C50H81N3O16P2. The van der Waals surface area contributed by atoms with Gasteiger partial charge < -0.3 is 45.1 Å². The molecule has 0 aliphatic carbocycles. The van der Waals surface area contributed by atoms with Crippen molar-refractivity contribution in [1.29, 1.82) is 0 Å². The first-order valence-electron chi connectivity index (χ1n) is 25.1. The van der Waals surface area contributed by atoms with Gasteiger partial charge in [-0.3, -0.25) is 23.2 Å². The lowest BCUT2D eigenvalue weighted by Gasteiger charge is -2.21. The van der Waals surface area contributed by atoms with E-state index in [1.54, 1.807) is 6.08 Å². The van der Waals surface area contributed by atoms with E-state index < -0.39 is 89.8 Å². The first-order chi connectivity index (χ1) is 34.1. The number of hydrogen-bond acceptors (Lipinski definition) is 16. The van der Waals surface area contributed by atoms with Crippen molar-refractivity contribution >= 4 is 33.4 Å². The second kappa shape index (κ2) is 37.8. The van der Waals surface area contributed by atoms with Crippen LogP contribution >= 0.6 is 15.6 Å². The second-order valence-corrected chi connectivity index (χ2v) is 20.2. The summed E-state index contributed by atoms with van der Waals surface area (Å²) < 4.78 is 56.6. The molecule has 3 unspecified atom stereocenters. The van der Waals surface area contributed by atoms with E-state index >= 15 is 0 Å². The number of nitrogens with zero attached hydrogens (tertiary/aromatic N) is 2. The predicted octanol–water partition coefficient (Wildman–Crippen LogP) is 9.08. The van der Waals surface area contributed by atoms with Gasteiger partial charge in [-0.25, -0.2) is 13.9 Å². The van der Waals surface area contributed by atoms with Crippen LogP contribution in [0.3, 0.4) is 0 Å². The maximum absolute atomic E-state index is 12.8.